The van der Waals surface area contributed by atoms with Gasteiger partial charge in [0.15, 0.2) is 0 Å². The van der Waals surface area contributed by atoms with Gasteiger partial charge in [-0.3, -0.25) is 0 Å². The van der Waals surface area contributed by atoms with Crippen molar-refractivity contribution in [2.75, 3.05) is 7.11 Å². The Hall–Kier alpha value is -2.59. The lowest BCUT2D eigenvalue weighted by molar-refractivity contribution is -0.138. The number of rotatable bonds is 3. The third-order valence-corrected chi connectivity index (χ3v) is 6.99. The highest BCUT2D eigenvalue weighted by molar-refractivity contribution is 9.46. The van der Waals surface area contributed by atoms with Gasteiger partial charge < -0.3 is 4.74 Å². The van der Waals surface area contributed by atoms with Crippen molar-refractivity contribution in [3.05, 3.63) is 71.8 Å². The third-order valence-electron chi connectivity index (χ3n) is 5.26. The fourth-order valence-corrected chi connectivity index (χ4v) is 5.15. The zero-order chi connectivity index (χ0) is 24.1. The molecule has 1 atom stereocenters. The first kappa shape index (κ1) is 23.6. The SMILES string of the molecule is COc1ccc2cc(C(F)(F)F)ccc2c1-c1c(S(=O)Br)ccc2cc(C(F)(F)F)ccc12. The minimum Gasteiger partial charge on any atom is -0.496 e. The van der Waals surface area contributed by atoms with Crippen LogP contribution in [-0.2, 0) is 21.6 Å². The predicted octanol–water partition coefficient (Wildman–Crippen LogP) is 8.12. The van der Waals surface area contributed by atoms with Gasteiger partial charge in [0.2, 0.25) is 0 Å². The molecule has 0 saturated heterocycles. The van der Waals surface area contributed by atoms with Gasteiger partial charge in [0.25, 0.3) is 0 Å². The Morgan fingerprint density at radius 1 is 0.727 bits per heavy atom. The molecule has 1 unspecified atom stereocenters. The highest BCUT2D eigenvalue weighted by Crippen LogP contribution is 2.45. The lowest BCUT2D eigenvalue weighted by Gasteiger charge is -2.18. The van der Waals surface area contributed by atoms with E-state index in [-0.39, 0.29) is 21.4 Å². The Labute approximate surface area is 193 Å². The minimum atomic E-state index is -4.56. The fraction of sp³-hybridized carbons (Fsp3) is 0.130. The molecule has 4 aromatic carbocycles. The molecule has 0 N–H and O–H groups in total. The summed E-state index contributed by atoms with van der Waals surface area (Å²) in [6, 6.07) is 12.1. The number of fused-ring (bicyclic) bond motifs is 2. The molecular formula is C23H13BrF6O2S. The van der Waals surface area contributed by atoms with Gasteiger partial charge in [0.1, 0.15) is 15.0 Å². The summed E-state index contributed by atoms with van der Waals surface area (Å²) in [5.41, 5.74) is -1.06. The van der Waals surface area contributed by atoms with Crippen molar-refractivity contribution < 1.29 is 35.3 Å². The minimum absolute atomic E-state index is 0.229. The molecule has 0 aliphatic rings. The van der Waals surface area contributed by atoms with Gasteiger partial charge in [-0.2, -0.15) is 26.3 Å². The van der Waals surface area contributed by atoms with Crippen LogP contribution in [0.2, 0.25) is 0 Å². The molecule has 0 fully saturated rings. The second-order valence-corrected chi connectivity index (χ2v) is 9.82. The molecule has 172 valence electrons. The summed E-state index contributed by atoms with van der Waals surface area (Å²) in [6.07, 6.45) is -9.11. The van der Waals surface area contributed by atoms with E-state index in [1.807, 2.05) is 0 Å². The molecule has 4 aromatic rings. The van der Waals surface area contributed by atoms with Gasteiger partial charge in [0, 0.05) is 25.9 Å². The molecule has 0 aromatic heterocycles. The summed E-state index contributed by atoms with van der Waals surface area (Å²) in [5, 5.41) is 1.19. The number of benzene rings is 4. The molecule has 0 aliphatic heterocycles. The first-order chi connectivity index (χ1) is 15.4. The normalized spacial score (nSPS) is 13.5. The molecule has 2 nitrogen and oxygen atoms in total. The highest BCUT2D eigenvalue weighted by Gasteiger charge is 2.32. The van der Waals surface area contributed by atoms with Gasteiger partial charge in [-0.15, -0.1) is 0 Å². The molecular weight excluding hydrogens is 534 g/mol. The lowest BCUT2D eigenvalue weighted by Crippen LogP contribution is -2.05. The Morgan fingerprint density at radius 2 is 1.21 bits per heavy atom. The highest BCUT2D eigenvalue weighted by atomic mass is 79.9. The van der Waals surface area contributed by atoms with E-state index in [0.29, 0.717) is 21.9 Å². The molecule has 10 heteroatoms. The average molecular weight is 547 g/mol. The van der Waals surface area contributed by atoms with Crippen LogP contribution in [0.25, 0.3) is 32.7 Å². The van der Waals surface area contributed by atoms with Crippen LogP contribution in [0, 0.1) is 0 Å². The number of methoxy groups -OCH3 is 1. The summed E-state index contributed by atoms with van der Waals surface area (Å²) in [4.78, 5) is 0.243. The van der Waals surface area contributed by atoms with E-state index >= 15 is 0 Å². The number of alkyl halides is 6. The van der Waals surface area contributed by atoms with Gasteiger partial charge in [0.05, 0.1) is 23.1 Å². The number of hydrogen-bond acceptors (Lipinski definition) is 2. The van der Waals surface area contributed by atoms with Crippen molar-refractivity contribution in [1.29, 1.82) is 0 Å². The number of ether oxygens (including phenoxy) is 1. The molecule has 0 aliphatic carbocycles. The maximum Gasteiger partial charge on any atom is 0.416 e. The fourth-order valence-electron chi connectivity index (χ4n) is 3.79. The first-order valence-corrected chi connectivity index (χ1v) is 12.3. The maximum absolute atomic E-state index is 13.2. The molecule has 0 heterocycles. The zero-order valence-electron chi connectivity index (χ0n) is 16.6. The molecule has 0 amide bonds. The van der Waals surface area contributed by atoms with Crippen molar-refractivity contribution in [1.82, 2.24) is 0 Å². The standard InChI is InChI=1S/C23H13BrF6O2S/c1-32-18-8-2-12-10-14(22(25,26)27)4-6-16(12)20(18)21-17-7-5-15(23(28,29)30)11-13(17)3-9-19(21)33(24)31/h2-11H,1H3. The molecule has 4 rings (SSSR count). The van der Waals surface area contributed by atoms with E-state index < -0.39 is 32.7 Å². The first-order valence-electron chi connectivity index (χ1n) is 9.32. The topological polar surface area (TPSA) is 26.3 Å². The Kier molecular flexibility index (Phi) is 5.94. The van der Waals surface area contributed by atoms with E-state index in [4.69, 9.17) is 4.74 Å². The van der Waals surface area contributed by atoms with Gasteiger partial charge in [-0.25, -0.2) is 4.21 Å². The Bertz CT molecular complexity index is 1410. The van der Waals surface area contributed by atoms with Crippen LogP contribution in [0.3, 0.4) is 0 Å². The predicted molar refractivity (Wildman–Crippen MR) is 119 cm³/mol. The summed E-state index contributed by atoms with van der Waals surface area (Å²) < 4.78 is 97.4. The second-order valence-electron chi connectivity index (χ2n) is 7.17. The smallest absolute Gasteiger partial charge is 0.416 e. The van der Waals surface area contributed by atoms with Crippen molar-refractivity contribution >= 4 is 45.6 Å². The molecule has 0 bridgehead atoms. The maximum atomic E-state index is 13.2. The summed E-state index contributed by atoms with van der Waals surface area (Å²) in [7, 11) is -0.369. The summed E-state index contributed by atoms with van der Waals surface area (Å²) >= 11 is 3.01. The zero-order valence-corrected chi connectivity index (χ0v) is 19.0. The van der Waals surface area contributed by atoms with E-state index in [1.54, 1.807) is 0 Å². The summed E-state index contributed by atoms with van der Waals surface area (Å²) in [6.45, 7) is 0. The van der Waals surface area contributed by atoms with Crippen molar-refractivity contribution in [2.45, 2.75) is 17.2 Å². The quantitative estimate of drug-likeness (QED) is 0.191. The molecule has 0 saturated carbocycles. The van der Waals surface area contributed by atoms with Crippen molar-refractivity contribution in [3.63, 3.8) is 0 Å². The van der Waals surface area contributed by atoms with E-state index in [1.165, 1.54) is 43.5 Å². The molecule has 33 heavy (non-hydrogen) atoms. The molecule has 0 spiro atoms. The van der Waals surface area contributed by atoms with Crippen LogP contribution >= 0.6 is 14.8 Å². The monoisotopic (exact) mass is 546 g/mol. The third kappa shape index (κ3) is 4.33. The summed E-state index contributed by atoms with van der Waals surface area (Å²) in [5.74, 6) is 0.272. The van der Waals surface area contributed by atoms with Gasteiger partial charge in [-0.05, 0) is 57.9 Å². The average Bonchev–Trinajstić information content (AvgIpc) is 2.75. The van der Waals surface area contributed by atoms with Crippen molar-refractivity contribution in [3.8, 4) is 16.9 Å². The second kappa shape index (κ2) is 8.32. The lowest BCUT2D eigenvalue weighted by atomic mass is 9.91. The van der Waals surface area contributed by atoms with E-state index in [9.17, 15) is 30.6 Å². The van der Waals surface area contributed by atoms with Crippen LogP contribution in [0.15, 0.2) is 65.6 Å². The number of halogens is 7. The molecule has 0 radical (unpaired) electrons. The van der Waals surface area contributed by atoms with Crippen LogP contribution < -0.4 is 4.74 Å². The van der Waals surface area contributed by atoms with Crippen molar-refractivity contribution in [2.24, 2.45) is 0 Å². The van der Waals surface area contributed by atoms with E-state index in [2.05, 4.69) is 14.8 Å². The van der Waals surface area contributed by atoms with E-state index in [0.717, 1.165) is 24.3 Å². The number of hydrogen-bond donors (Lipinski definition) is 0. The Morgan fingerprint density at radius 3 is 1.67 bits per heavy atom. The van der Waals surface area contributed by atoms with Crippen LogP contribution in [-0.4, -0.2) is 11.3 Å². The van der Waals surface area contributed by atoms with Crippen LogP contribution in [0.5, 0.6) is 5.75 Å². The van der Waals surface area contributed by atoms with Gasteiger partial charge in [-0.1, -0.05) is 24.3 Å². The van der Waals surface area contributed by atoms with Crippen LogP contribution in [0.1, 0.15) is 11.1 Å². The van der Waals surface area contributed by atoms with Crippen LogP contribution in [0.4, 0.5) is 26.3 Å². The van der Waals surface area contributed by atoms with Gasteiger partial charge >= 0.3 is 12.4 Å². The largest absolute Gasteiger partial charge is 0.496 e. The Balaban J connectivity index is 2.13.